The van der Waals surface area contributed by atoms with Crippen LogP contribution in [0.15, 0.2) is 24.0 Å². The lowest BCUT2D eigenvalue weighted by atomic mass is 9.93. The molecule has 2 bridgehead atoms. The Balaban J connectivity index is 2.14. The predicted octanol–water partition coefficient (Wildman–Crippen LogP) is 3.09. The van der Waals surface area contributed by atoms with Crippen molar-refractivity contribution >= 4 is 6.29 Å². The third-order valence-electron chi connectivity index (χ3n) is 3.76. The topological polar surface area (TPSA) is 44.8 Å². The number of aldehydes is 1. The molecular formula is C15H22O4. The minimum Gasteiger partial charge on any atom is -0.468 e. The number of unbranched alkanes of at least 4 members (excludes halogenated alkanes) is 1. The Hall–Kier alpha value is -1.13. The zero-order valence-corrected chi connectivity index (χ0v) is 11.7. The molecule has 0 N–H and O–H groups in total. The molecule has 3 aliphatic rings. The summed E-state index contributed by atoms with van der Waals surface area (Å²) in [6.45, 7) is 4.24. The van der Waals surface area contributed by atoms with Crippen LogP contribution in [-0.2, 0) is 19.0 Å². The molecule has 3 rings (SSSR count). The highest BCUT2D eigenvalue weighted by molar-refractivity contribution is 5.62. The number of hydrogen-bond donors (Lipinski definition) is 0. The van der Waals surface area contributed by atoms with Gasteiger partial charge >= 0.3 is 0 Å². The van der Waals surface area contributed by atoms with Gasteiger partial charge in [0.25, 0.3) is 0 Å². The number of carbonyl (C=O) groups excluding carboxylic acids is 1. The van der Waals surface area contributed by atoms with Crippen molar-refractivity contribution in [1.82, 2.24) is 0 Å². The van der Waals surface area contributed by atoms with Gasteiger partial charge in [-0.25, -0.2) is 0 Å². The van der Waals surface area contributed by atoms with Crippen LogP contribution in [-0.4, -0.2) is 24.5 Å². The molecule has 2 unspecified atom stereocenters. The fourth-order valence-corrected chi connectivity index (χ4v) is 2.39. The predicted molar refractivity (Wildman–Crippen MR) is 71.3 cm³/mol. The Labute approximate surface area is 114 Å². The Bertz CT molecular complexity index is 388. The second-order valence-electron chi connectivity index (χ2n) is 5.10. The highest BCUT2D eigenvalue weighted by Crippen LogP contribution is 2.36. The van der Waals surface area contributed by atoms with E-state index >= 15 is 0 Å². The second kappa shape index (κ2) is 5.88. The maximum Gasteiger partial charge on any atom is 0.196 e. The van der Waals surface area contributed by atoms with E-state index < -0.39 is 11.4 Å². The lowest BCUT2D eigenvalue weighted by Gasteiger charge is -2.38. The minimum absolute atomic E-state index is 0.158. The van der Waals surface area contributed by atoms with E-state index in [1.807, 2.05) is 25.2 Å². The lowest BCUT2D eigenvalue weighted by molar-refractivity contribution is -0.269. The van der Waals surface area contributed by atoms with Gasteiger partial charge in [-0.15, -0.1) is 0 Å². The lowest BCUT2D eigenvalue weighted by Crippen LogP contribution is -2.46. The van der Waals surface area contributed by atoms with Gasteiger partial charge in [0.05, 0.1) is 0 Å². The number of allylic oxidation sites excluding steroid dienone is 1. The average molecular weight is 266 g/mol. The molecular weight excluding hydrogens is 244 g/mol. The second-order valence-corrected chi connectivity index (χ2v) is 5.10. The molecule has 4 heteroatoms. The van der Waals surface area contributed by atoms with Gasteiger partial charge in [0.2, 0.25) is 0 Å². The summed E-state index contributed by atoms with van der Waals surface area (Å²) in [5, 5.41) is 0. The molecule has 0 aromatic heterocycles. The quantitative estimate of drug-likeness (QED) is 0.664. The fourth-order valence-electron chi connectivity index (χ4n) is 2.39. The van der Waals surface area contributed by atoms with Crippen molar-refractivity contribution in [3.63, 3.8) is 0 Å². The van der Waals surface area contributed by atoms with Crippen molar-refractivity contribution in [3.05, 3.63) is 24.0 Å². The Morgan fingerprint density at radius 3 is 2.95 bits per heavy atom. The van der Waals surface area contributed by atoms with Gasteiger partial charge in [-0.05, 0) is 31.1 Å². The van der Waals surface area contributed by atoms with Crippen LogP contribution >= 0.6 is 0 Å². The molecule has 2 atom stereocenters. The molecule has 1 aliphatic carbocycles. The molecule has 0 saturated carbocycles. The number of carbonyl (C=O) groups is 1. The molecule has 0 aromatic carbocycles. The molecule has 0 aromatic rings. The van der Waals surface area contributed by atoms with Gasteiger partial charge in [-0.2, -0.15) is 0 Å². The maximum absolute atomic E-state index is 11.5. The first kappa shape index (κ1) is 14.3. The van der Waals surface area contributed by atoms with E-state index in [1.165, 1.54) is 0 Å². The maximum atomic E-state index is 11.5. The van der Waals surface area contributed by atoms with Crippen molar-refractivity contribution in [2.75, 3.05) is 6.79 Å². The van der Waals surface area contributed by atoms with E-state index in [2.05, 4.69) is 6.92 Å². The molecule has 2 aliphatic heterocycles. The number of hydrogen-bond acceptors (Lipinski definition) is 4. The number of ether oxygens (including phenoxy) is 3. The van der Waals surface area contributed by atoms with Crippen LogP contribution in [0.4, 0.5) is 0 Å². The first-order valence-corrected chi connectivity index (χ1v) is 7.00. The van der Waals surface area contributed by atoms with Crippen molar-refractivity contribution in [2.24, 2.45) is 0 Å². The van der Waals surface area contributed by atoms with Gasteiger partial charge in [0.15, 0.2) is 18.9 Å². The van der Waals surface area contributed by atoms with Gasteiger partial charge in [-0.3, -0.25) is 0 Å². The van der Waals surface area contributed by atoms with Gasteiger partial charge in [0.1, 0.15) is 11.4 Å². The van der Waals surface area contributed by atoms with Crippen LogP contribution < -0.4 is 0 Å². The molecule has 2 heterocycles. The Kier molecular flexibility index (Phi) is 4.42. The van der Waals surface area contributed by atoms with E-state index in [9.17, 15) is 4.79 Å². The van der Waals surface area contributed by atoms with Gasteiger partial charge in [-0.1, -0.05) is 26.7 Å². The molecule has 0 radical (unpaired) electrons. The van der Waals surface area contributed by atoms with Crippen LogP contribution in [0.5, 0.6) is 0 Å². The normalized spacial score (nSPS) is 28.2. The van der Waals surface area contributed by atoms with Crippen molar-refractivity contribution in [2.45, 2.75) is 57.3 Å². The van der Waals surface area contributed by atoms with Crippen molar-refractivity contribution < 1.29 is 19.0 Å². The van der Waals surface area contributed by atoms with Crippen LogP contribution in [0.25, 0.3) is 0 Å². The largest absolute Gasteiger partial charge is 0.468 e. The highest BCUT2D eigenvalue weighted by Gasteiger charge is 2.42. The third kappa shape index (κ3) is 3.07. The van der Waals surface area contributed by atoms with E-state index in [1.54, 1.807) is 0 Å². The molecule has 0 saturated heterocycles. The summed E-state index contributed by atoms with van der Waals surface area (Å²) in [6.07, 6.45) is 10.5. The highest BCUT2D eigenvalue weighted by atomic mass is 16.8. The molecule has 4 nitrogen and oxygen atoms in total. The molecule has 19 heavy (non-hydrogen) atoms. The summed E-state index contributed by atoms with van der Waals surface area (Å²) < 4.78 is 17.2. The van der Waals surface area contributed by atoms with Crippen molar-refractivity contribution in [3.8, 4) is 0 Å². The monoisotopic (exact) mass is 266 g/mol. The summed E-state index contributed by atoms with van der Waals surface area (Å²) in [5.41, 5.74) is -0.768. The van der Waals surface area contributed by atoms with E-state index in [0.717, 1.165) is 31.3 Å². The minimum atomic E-state index is -0.856. The Morgan fingerprint density at radius 2 is 2.37 bits per heavy atom. The smallest absolute Gasteiger partial charge is 0.196 e. The molecule has 0 amide bonds. The van der Waals surface area contributed by atoms with Crippen molar-refractivity contribution in [1.29, 1.82) is 0 Å². The standard InChI is InChI=1S/C15H22O4/c1-3-5-8-14(4-2,11-16)19-15-9-6-13(7-10-15)17-12-18-15/h6-7,9,11H,3-5,8,10,12H2,1-2H3. The third-order valence-corrected chi connectivity index (χ3v) is 3.76. The van der Waals surface area contributed by atoms with Crippen LogP contribution in [0.1, 0.15) is 46.0 Å². The fraction of sp³-hybridized carbons (Fsp3) is 0.667. The molecule has 106 valence electrons. The van der Waals surface area contributed by atoms with E-state index in [0.29, 0.717) is 12.8 Å². The number of rotatable bonds is 7. The SMILES string of the molecule is CCCCC(C=O)(CC)OC12C=CC(=CC1)OCO2. The average Bonchev–Trinajstić information content (AvgIpc) is 2.77. The summed E-state index contributed by atoms with van der Waals surface area (Å²) in [7, 11) is 0. The Morgan fingerprint density at radius 1 is 1.53 bits per heavy atom. The summed E-state index contributed by atoms with van der Waals surface area (Å²) in [5.74, 6) is -0.0523. The number of fused-ring (bicyclic) bond motifs is 3. The molecule has 0 spiro atoms. The first-order valence-electron chi connectivity index (χ1n) is 7.00. The zero-order valence-electron chi connectivity index (χ0n) is 11.7. The molecule has 0 fully saturated rings. The van der Waals surface area contributed by atoms with E-state index in [4.69, 9.17) is 14.2 Å². The zero-order chi connectivity index (χ0) is 13.8. The van der Waals surface area contributed by atoms with Crippen LogP contribution in [0, 0.1) is 0 Å². The van der Waals surface area contributed by atoms with Gasteiger partial charge < -0.3 is 19.0 Å². The van der Waals surface area contributed by atoms with Crippen LogP contribution in [0.2, 0.25) is 0 Å². The summed E-state index contributed by atoms with van der Waals surface area (Å²) in [4.78, 5) is 11.5. The summed E-state index contributed by atoms with van der Waals surface area (Å²) >= 11 is 0. The van der Waals surface area contributed by atoms with Gasteiger partial charge in [0, 0.05) is 6.42 Å². The first-order chi connectivity index (χ1) is 9.17. The van der Waals surface area contributed by atoms with Crippen LogP contribution in [0.3, 0.4) is 0 Å². The summed E-state index contributed by atoms with van der Waals surface area (Å²) in [6, 6.07) is 0. The van der Waals surface area contributed by atoms with E-state index in [-0.39, 0.29) is 6.79 Å².